The maximum atomic E-state index is 6.24. The zero-order chi connectivity index (χ0) is 24.6. The van der Waals surface area contributed by atoms with E-state index in [1.54, 1.807) is 4.68 Å². The Labute approximate surface area is 210 Å². The van der Waals surface area contributed by atoms with Gasteiger partial charge in [0, 0.05) is 30.8 Å². The Balaban J connectivity index is 1.44. The summed E-state index contributed by atoms with van der Waals surface area (Å²) in [7, 11) is 1.92. The quantitative estimate of drug-likeness (QED) is 0.205. The SMILES string of the molecule is CCOC(=C1CCC1)c1cnn(-c2cccc(-c3cccc(NN)c3)c2)c1C1C[C@H]1c1cn(C)nn1. The fourth-order valence-corrected chi connectivity index (χ4v) is 5.16. The molecule has 2 aliphatic rings. The first kappa shape index (κ1) is 22.5. The van der Waals surface area contributed by atoms with E-state index in [0.29, 0.717) is 18.4 Å². The van der Waals surface area contributed by atoms with Crippen LogP contribution in [0.15, 0.2) is 66.5 Å². The highest BCUT2D eigenvalue weighted by molar-refractivity contribution is 5.71. The van der Waals surface area contributed by atoms with Gasteiger partial charge >= 0.3 is 0 Å². The molecule has 3 N–H and O–H groups in total. The Kier molecular flexibility index (Phi) is 5.81. The maximum Gasteiger partial charge on any atom is 0.129 e. The number of anilines is 1. The van der Waals surface area contributed by atoms with E-state index in [9.17, 15) is 0 Å². The predicted molar refractivity (Wildman–Crippen MR) is 140 cm³/mol. The Morgan fingerprint density at radius 1 is 1.11 bits per heavy atom. The molecule has 2 atom stereocenters. The number of aromatic nitrogens is 5. The molecule has 2 heterocycles. The van der Waals surface area contributed by atoms with Crippen LogP contribution in [0.2, 0.25) is 0 Å². The van der Waals surface area contributed by atoms with Gasteiger partial charge in [0.2, 0.25) is 0 Å². The molecular weight excluding hydrogens is 450 g/mol. The summed E-state index contributed by atoms with van der Waals surface area (Å²) in [6.45, 7) is 2.69. The van der Waals surface area contributed by atoms with Crippen molar-refractivity contribution in [1.29, 1.82) is 0 Å². The van der Waals surface area contributed by atoms with Gasteiger partial charge in [0.15, 0.2) is 0 Å². The van der Waals surface area contributed by atoms with Crippen molar-refractivity contribution in [2.75, 3.05) is 12.0 Å². The third kappa shape index (κ3) is 4.07. The van der Waals surface area contributed by atoms with Crippen LogP contribution in [0.4, 0.5) is 5.69 Å². The molecule has 2 aromatic heterocycles. The van der Waals surface area contributed by atoms with Crippen LogP contribution >= 0.6 is 0 Å². The number of benzene rings is 2. The van der Waals surface area contributed by atoms with Crippen molar-refractivity contribution in [2.45, 2.75) is 44.4 Å². The molecule has 6 rings (SSSR count). The largest absolute Gasteiger partial charge is 0.493 e. The van der Waals surface area contributed by atoms with Gasteiger partial charge in [-0.05, 0) is 73.6 Å². The highest BCUT2D eigenvalue weighted by Gasteiger charge is 2.46. The van der Waals surface area contributed by atoms with Crippen molar-refractivity contribution >= 4 is 11.4 Å². The van der Waals surface area contributed by atoms with Gasteiger partial charge < -0.3 is 10.2 Å². The molecule has 0 bridgehead atoms. The van der Waals surface area contributed by atoms with Crippen LogP contribution in [-0.2, 0) is 11.8 Å². The van der Waals surface area contributed by atoms with Crippen molar-refractivity contribution in [3.8, 4) is 16.8 Å². The van der Waals surface area contributed by atoms with Gasteiger partial charge in [0.1, 0.15) is 5.76 Å². The summed E-state index contributed by atoms with van der Waals surface area (Å²) >= 11 is 0. The van der Waals surface area contributed by atoms with Crippen LogP contribution in [0.3, 0.4) is 0 Å². The molecule has 2 saturated carbocycles. The third-order valence-corrected chi connectivity index (χ3v) is 7.21. The van der Waals surface area contributed by atoms with Gasteiger partial charge in [0.05, 0.1) is 35.4 Å². The van der Waals surface area contributed by atoms with Crippen molar-refractivity contribution in [2.24, 2.45) is 12.9 Å². The molecule has 0 spiro atoms. The zero-order valence-corrected chi connectivity index (χ0v) is 20.7. The minimum atomic E-state index is 0.309. The van der Waals surface area contributed by atoms with E-state index in [0.717, 1.165) is 58.8 Å². The van der Waals surface area contributed by atoms with Crippen molar-refractivity contribution in [1.82, 2.24) is 24.8 Å². The standard InChI is InChI=1S/C28H31N7O/c1-3-36-28(18-7-4-8-18)25-16-30-35(27(25)24-15-23(24)26-17-34(2)33-32-26)22-12-6-10-20(14-22)19-9-5-11-21(13-19)31-29/h5-6,9-14,16-17,23-24,31H,3-4,7-8,15,29H2,1-2H3/t23-,24?/m1/s1. The predicted octanol–water partition coefficient (Wildman–Crippen LogP) is 5.16. The smallest absolute Gasteiger partial charge is 0.129 e. The zero-order valence-electron chi connectivity index (χ0n) is 20.7. The van der Waals surface area contributed by atoms with Crippen LogP contribution in [-0.4, -0.2) is 31.4 Å². The van der Waals surface area contributed by atoms with Crippen LogP contribution in [0.1, 0.15) is 61.4 Å². The Morgan fingerprint density at radius 2 is 1.92 bits per heavy atom. The lowest BCUT2D eigenvalue weighted by Gasteiger charge is -2.22. The van der Waals surface area contributed by atoms with Gasteiger partial charge in [-0.15, -0.1) is 5.10 Å². The number of allylic oxidation sites excluding steroid dienone is 1. The Morgan fingerprint density at radius 3 is 2.61 bits per heavy atom. The Bertz CT molecular complexity index is 1430. The second kappa shape index (κ2) is 9.28. The number of ether oxygens (including phenoxy) is 1. The fraction of sp³-hybridized carbons (Fsp3) is 0.321. The molecule has 0 amide bonds. The summed E-state index contributed by atoms with van der Waals surface area (Å²) in [6, 6.07) is 16.6. The van der Waals surface area contributed by atoms with Crippen molar-refractivity contribution < 1.29 is 4.74 Å². The van der Waals surface area contributed by atoms with Crippen molar-refractivity contribution in [3.63, 3.8) is 0 Å². The average Bonchev–Trinajstić information content (AvgIpc) is 3.33. The van der Waals surface area contributed by atoms with Crippen molar-refractivity contribution in [3.05, 3.63) is 83.4 Å². The molecule has 2 aromatic carbocycles. The normalized spacial score (nSPS) is 18.6. The number of hydrogen-bond acceptors (Lipinski definition) is 6. The molecule has 8 nitrogen and oxygen atoms in total. The van der Waals surface area contributed by atoms with Gasteiger partial charge in [-0.25, -0.2) is 4.68 Å². The van der Waals surface area contributed by atoms with Gasteiger partial charge in [-0.3, -0.25) is 10.5 Å². The summed E-state index contributed by atoms with van der Waals surface area (Å²) in [5.41, 5.74) is 11.6. The second-order valence-electron chi connectivity index (χ2n) is 9.62. The van der Waals surface area contributed by atoms with E-state index in [2.05, 4.69) is 57.7 Å². The lowest BCUT2D eigenvalue weighted by Crippen LogP contribution is -2.08. The molecule has 0 saturated heterocycles. The lowest BCUT2D eigenvalue weighted by molar-refractivity contribution is 0.290. The number of nitrogens with one attached hydrogen (secondary N) is 1. The molecule has 8 heteroatoms. The number of rotatable bonds is 8. The first-order chi connectivity index (χ1) is 17.7. The highest BCUT2D eigenvalue weighted by Crippen LogP contribution is 2.56. The van der Waals surface area contributed by atoms with Gasteiger partial charge in [0.25, 0.3) is 0 Å². The second-order valence-corrected chi connectivity index (χ2v) is 9.62. The minimum absolute atomic E-state index is 0.309. The molecule has 2 aliphatic carbocycles. The van der Waals surface area contributed by atoms with E-state index in [1.165, 1.54) is 17.7 Å². The first-order valence-corrected chi connectivity index (χ1v) is 12.6. The van der Waals surface area contributed by atoms with E-state index >= 15 is 0 Å². The molecule has 184 valence electrons. The molecule has 1 unspecified atom stereocenters. The molecule has 36 heavy (non-hydrogen) atoms. The van der Waals surface area contributed by atoms with Crippen LogP contribution in [0.5, 0.6) is 0 Å². The molecule has 4 aromatic rings. The van der Waals surface area contributed by atoms with Gasteiger partial charge in [-0.2, -0.15) is 5.10 Å². The molecule has 0 radical (unpaired) electrons. The van der Waals surface area contributed by atoms with E-state index < -0.39 is 0 Å². The monoisotopic (exact) mass is 481 g/mol. The summed E-state index contributed by atoms with van der Waals surface area (Å²) in [6.07, 6.45) is 8.45. The topological polar surface area (TPSA) is 95.8 Å². The summed E-state index contributed by atoms with van der Waals surface area (Å²) in [5, 5.41) is 13.5. The average molecular weight is 482 g/mol. The molecule has 0 aliphatic heterocycles. The molecular formula is C28H31N7O. The lowest BCUT2D eigenvalue weighted by atomic mass is 9.89. The molecule has 2 fully saturated rings. The number of nitrogens with zero attached hydrogens (tertiary/aromatic N) is 5. The van der Waals surface area contributed by atoms with E-state index in [-0.39, 0.29) is 0 Å². The van der Waals surface area contributed by atoms with Crippen LogP contribution in [0.25, 0.3) is 22.6 Å². The summed E-state index contributed by atoms with van der Waals surface area (Å²) in [5.74, 6) is 7.31. The highest BCUT2D eigenvalue weighted by atomic mass is 16.5. The summed E-state index contributed by atoms with van der Waals surface area (Å²) < 4.78 is 10.1. The number of hydrazine groups is 1. The number of aryl methyl sites for hydroxylation is 1. The number of nitrogens with two attached hydrogens (primary N) is 1. The van der Waals surface area contributed by atoms with Gasteiger partial charge in [-0.1, -0.05) is 29.5 Å². The Hall–Kier alpha value is -3.91. The third-order valence-electron chi connectivity index (χ3n) is 7.21. The first-order valence-electron chi connectivity index (χ1n) is 12.6. The minimum Gasteiger partial charge on any atom is -0.493 e. The van der Waals surface area contributed by atoms with E-state index in [1.807, 2.05) is 37.6 Å². The van der Waals surface area contributed by atoms with Crippen LogP contribution < -0.4 is 11.3 Å². The van der Waals surface area contributed by atoms with Crippen LogP contribution in [0, 0.1) is 0 Å². The number of hydrogen-bond donors (Lipinski definition) is 2. The number of nitrogen functional groups attached to an aromatic ring is 1. The maximum absolute atomic E-state index is 6.24. The van der Waals surface area contributed by atoms with E-state index in [4.69, 9.17) is 15.7 Å². The fourth-order valence-electron chi connectivity index (χ4n) is 5.16. The summed E-state index contributed by atoms with van der Waals surface area (Å²) in [4.78, 5) is 0.